The van der Waals surface area contributed by atoms with Crippen molar-refractivity contribution in [3.8, 4) is 11.5 Å². The SMILES string of the molecule is Cc1ccc(C)c2[nH]c(=O)c(CN(Cc3ccc4c(c3)OCO4)Cc3nnnn3C[C@@H]3CCCO3)cc12. The van der Waals surface area contributed by atoms with Gasteiger partial charge in [0.05, 0.1) is 24.7 Å². The van der Waals surface area contributed by atoms with Crippen LogP contribution in [0.15, 0.2) is 41.2 Å². The summed E-state index contributed by atoms with van der Waals surface area (Å²) >= 11 is 0. The van der Waals surface area contributed by atoms with Gasteiger partial charge in [-0.2, -0.15) is 0 Å². The van der Waals surface area contributed by atoms with Gasteiger partial charge in [0, 0.05) is 30.6 Å². The number of pyridine rings is 1. The standard InChI is InChI=1S/C27H30N6O4/c1-17-5-6-18(2)26-22(17)11-20(27(34)28-26)13-32(12-19-7-8-23-24(10-19)37-16-36-23)15-25-29-30-31-33(25)14-21-4-3-9-35-21/h5-8,10-11,21H,3-4,9,12-16H2,1-2H3,(H,28,34)/t21-/m0/s1. The van der Waals surface area contributed by atoms with E-state index in [9.17, 15) is 4.79 Å². The maximum Gasteiger partial charge on any atom is 0.252 e. The van der Waals surface area contributed by atoms with Gasteiger partial charge in [0.25, 0.3) is 5.56 Å². The molecule has 2 aliphatic rings. The second kappa shape index (κ2) is 9.95. The van der Waals surface area contributed by atoms with Gasteiger partial charge in [-0.15, -0.1) is 5.10 Å². The predicted octanol–water partition coefficient (Wildman–Crippen LogP) is 3.24. The van der Waals surface area contributed by atoms with Crippen molar-refractivity contribution in [3.63, 3.8) is 0 Å². The predicted molar refractivity (Wildman–Crippen MR) is 136 cm³/mol. The molecule has 1 atom stereocenters. The first kappa shape index (κ1) is 23.6. The van der Waals surface area contributed by atoms with E-state index in [0.717, 1.165) is 64.4 Å². The first-order valence-electron chi connectivity index (χ1n) is 12.6. The van der Waals surface area contributed by atoms with Gasteiger partial charge in [0.2, 0.25) is 6.79 Å². The molecule has 4 aromatic rings. The molecule has 0 radical (unpaired) electrons. The van der Waals surface area contributed by atoms with Crippen molar-refractivity contribution < 1.29 is 14.2 Å². The molecule has 6 rings (SSSR count). The largest absolute Gasteiger partial charge is 0.454 e. The van der Waals surface area contributed by atoms with Crippen LogP contribution in [0.5, 0.6) is 11.5 Å². The van der Waals surface area contributed by atoms with E-state index in [4.69, 9.17) is 14.2 Å². The Morgan fingerprint density at radius 2 is 1.92 bits per heavy atom. The Morgan fingerprint density at radius 1 is 1.05 bits per heavy atom. The second-order valence-electron chi connectivity index (χ2n) is 9.86. The second-order valence-corrected chi connectivity index (χ2v) is 9.86. The van der Waals surface area contributed by atoms with Crippen molar-refractivity contribution in [2.24, 2.45) is 0 Å². The number of benzene rings is 2. The number of ether oxygens (including phenoxy) is 3. The summed E-state index contributed by atoms with van der Waals surface area (Å²) in [5.74, 6) is 2.21. The minimum Gasteiger partial charge on any atom is -0.454 e. The van der Waals surface area contributed by atoms with Crippen molar-refractivity contribution in [2.75, 3.05) is 13.4 Å². The summed E-state index contributed by atoms with van der Waals surface area (Å²) in [5.41, 5.74) is 4.72. The Kier molecular flexibility index (Phi) is 6.35. The van der Waals surface area contributed by atoms with E-state index < -0.39 is 0 Å². The molecule has 10 heteroatoms. The van der Waals surface area contributed by atoms with Crippen LogP contribution in [-0.4, -0.2) is 49.6 Å². The molecule has 0 spiro atoms. The Morgan fingerprint density at radius 3 is 2.78 bits per heavy atom. The maximum atomic E-state index is 13.2. The van der Waals surface area contributed by atoms with Gasteiger partial charge in [0.1, 0.15) is 0 Å². The number of nitrogens with one attached hydrogen (secondary N) is 1. The van der Waals surface area contributed by atoms with Gasteiger partial charge in [-0.3, -0.25) is 9.69 Å². The molecule has 10 nitrogen and oxygen atoms in total. The van der Waals surface area contributed by atoms with E-state index in [1.807, 2.05) is 41.9 Å². The quantitative estimate of drug-likeness (QED) is 0.391. The van der Waals surface area contributed by atoms with Crippen molar-refractivity contribution in [1.82, 2.24) is 30.1 Å². The fourth-order valence-corrected chi connectivity index (χ4v) is 5.10. The highest BCUT2D eigenvalue weighted by Gasteiger charge is 2.22. The van der Waals surface area contributed by atoms with Gasteiger partial charge in [-0.1, -0.05) is 18.2 Å². The Labute approximate surface area is 214 Å². The highest BCUT2D eigenvalue weighted by molar-refractivity contribution is 5.85. The minimum atomic E-state index is -0.0872. The lowest BCUT2D eigenvalue weighted by molar-refractivity contribution is 0.0914. The molecule has 2 aromatic carbocycles. The number of hydrogen-bond donors (Lipinski definition) is 1. The zero-order valence-electron chi connectivity index (χ0n) is 21.1. The van der Waals surface area contributed by atoms with Crippen LogP contribution in [0.3, 0.4) is 0 Å². The van der Waals surface area contributed by atoms with E-state index in [-0.39, 0.29) is 18.5 Å². The summed E-state index contributed by atoms with van der Waals surface area (Å²) in [6.45, 7) is 7.18. The van der Waals surface area contributed by atoms with Crippen LogP contribution in [0.25, 0.3) is 10.9 Å². The fourth-order valence-electron chi connectivity index (χ4n) is 5.10. The van der Waals surface area contributed by atoms with Crippen molar-refractivity contribution in [3.05, 3.63) is 74.8 Å². The number of aromatic amines is 1. The van der Waals surface area contributed by atoms with Crippen LogP contribution in [0.4, 0.5) is 0 Å². The van der Waals surface area contributed by atoms with E-state index >= 15 is 0 Å². The maximum absolute atomic E-state index is 13.2. The van der Waals surface area contributed by atoms with E-state index in [0.29, 0.717) is 31.7 Å². The average molecular weight is 503 g/mol. The lowest BCUT2D eigenvalue weighted by Gasteiger charge is -2.22. The van der Waals surface area contributed by atoms with Gasteiger partial charge < -0.3 is 19.2 Å². The Balaban J connectivity index is 1.31. The highest BCUT2D eigenvalue weighted by atomic mass is 16.7. The third kappa shape index (κ3) is 4.94. The number of rotatable bonds is 8. The first-order chi connectivity index (χ1) is 18.0. The molecular weight excluding hydrogens is 472 g/mol. The molecular formula is C27H30N6O4. The lowest BCUT2D eigenvalue weighted by atomic mass is 10.0. The van der Waals surface area contributed by atoms with Crippen molar-refractivity contribution >= 4 is 10.9 Å². The molecule has 0 unspecified atom stereocenters. The third-order valence-electron chi connectivity index (χ3n) is 7.13. The minimum absolute atomic E-state index is 0.0872. The van der Waals surface area contributed by atoms with Crippen LogP contribution in [-0.2, 0) is 30.9 Å². The topological polar surface area (TPSA) is 107 Å². The molecule has 0 aliphatic carbocycles. The molecule has 2 aromatic heterocycles. The van der Waals surface area contributed by atoms with Gasteiger partial charge >= 0.3 is 0 Å². The molecule has 192 valence electrons. The monoisotopic (exact) mass is 502 g/mol. The first-order valence-corrected chi connectivity index (χ1v) is 12.6. The molecule has 1 N–H and O–H groups in total. The van der Waals surface area contributed by atoms with Crippen LogP contribution in [0, 0.1) is 13.8 Å². The summed E-state index contributed by atoms with van der Waals surface area (Å²) in [4.78, 5) is 18.4. The Hall–Kier alpha value is -3.76. The highest BCUT2D eigenvalue weighted by Crippen LogP contribution is 2.33. The number of H-pyrrole nitrogens is 1. The van der Waals surface area contributed by atoms with Crippen LogP contribution in [0.2, 0.25) is 0 Å². The number of aromatic nitrogens is 5. The number of tetrazole rings is 1. The number of nitrogens with zero attached hydrogens (tertiary/aromatic N) is 5. The zero-order valence-corrected chi connectivity index (χ0v) is 21.1. The van der Waals surface area contributed by atoms with Crippen LogP contribution >= 0.6 is 0 Å². The van der Waals surface area contributed by atoms with Gasteiger partial charge in [0.15, 0.2) is 17.3 Å². The normalized spacial score (nSPS) is 16.8. The summed E-state index contributed by atoms with van der Waals surface area (Å²) < 4.78 is 18.7. The van der Waals surface area contributed by atoms with Gasteiger partial charge in [-0.05, 0) is 72.0 Å². The molecule has 2 aliphatic heterocycles. The molecule has 0 amide bonds. The van der Waals surface area contributed by atoms with Crippen molar-refractivity contribution in [2.45, 2.75) is 59.0 Å². The van der Waals surface area contributed by atoms with Crippen molar-refractivity contribution in [1.29, 1.82) is 0 Å². The van der Waals surface area contributed by atoms with Gasteiger partial charge in [-0.25, -0.2) is 4.68 Å². The number of hydrogen-bond acceptors (Lipinski definition) is 8. The summed E-state index contributed by atoms with van der Waals surface area (Å²) in [6.07, 6.45) is 2.19. The van der Waals surface area contributed by atoms with Crippen LogP contribution in [0.1, 0.15) is 40.9 Å². The zero-order chi connectivity index (χ0) is 25.4. The lowest BCUT2D eigenvalue weighted by Crippen LogP contribution is -2.29. The number of aryl methyl sites for hydroxylation is 2. The molecule has 0 saturated carbocycles. The fraction of sp³-hybridized carbons (Fsp3) is 0.407. The molecule has 4 heterocycles. The molecule has 37 heavy (non-hydrogen) atoms. The third-order valence-corrected chi connectivity index (χ3v) is 7.13. The summed E-state index contributed by atoms with van der Waals surface area (Å²) in [6, 6.07) is 12.1. The molecule has 1 fully saturated rings. The molecule has 1 saturated heterocycles. The Bertz CT molecular complexity index is 1490. The average Bonchev–Trinajstić information content (AvgIpc) is 3.66. The molecule has 0 bridgehead atoms. The summed E-state index contributed by atoms with van der Waals surface area (Å²) in [5, 5.41) is 13.5. The van der Waals surface area contributed by atoms with Crippen LogP contribution < -0.4 is 15.0 Å². The van der Waals surface area contributed by atoms with E-state index in [1.165, 1.54) is 0 Å². The smallest absolute Gasteiger partial charge is 0.252 e. The van der Waals surface area contributed by atoms with E-state index in [2.05, 4.69) is 38.4 Å². The van der Waals surface area contributed by atoms with E-state index in [1.54, 1.807) is 0 Å². The number of fused-ring (bicyclic) bond motifs is 2. The summed E-state index contributed by atoms with van der Waals surface area (Å²) in [7, 11) is 0.